The lowest BCUT2D eigenvalue weighted by atomic mass is 9.71. The van der Waals surface area contributed by atoms with E-state index in [4.69, 9.17) is 4.74 Å². The standard InChI is InChI=1S/C26H30N3O2/c1-3-19-17-29(16-18-5-4-10-27-15-18)12-9-20(19)13-25(29)26(30)22-8-11-28-24-7-6-21(31-2)14-23(22)24/h3-8,10-11,14-15,19-20,25-26,30H,1,9,12-13,16-17H2,2H3/q+1/t19?,20?,25?,26-,29?/m1/s1. The molecule has 5 heteroatoms. The molecule has 5 atom stereocenters. The number of methoxy groups -OCH3 is 1. The largest absolute Gasteiger partial charge is 0.497 e. The Morgan fingerprint density at radius 3 is 2.97 bits per heavy atom. The molecule has 2 aromatic heterocycles. The Hall–Kier alpha value is -2.76. The predicted molar refractivity (Wildman–Crippen MR) is 121 cm³/mol. The minimum absolute atomic E-state index is 0.131. The van der Waals surface area contributed by atoms with Crippen molar-refractivity contribution in [2.45, 2.75) is 31.5 Å². The van der Waals surface area contributed by atoms with Crippen LogP contribution in [-0.4, -0.2) is 45.8 Å². The summed E-state index contributed by atoms with van der Waals surface area (Å²) in [5.41, 5.74) is 3.06. The fourth-order valence-electron chi connectivity index (χ4n) is 5.98. The highest BCUT2D eigenvalue weighted by atomic mass is 16.5. The van der Waals surface area contributed by atoms with E-state index in [-0.39, 0.29) is 6.04 Å². The van der Waals surface area contributed by atoms with Gasteiger partial charge in [0.15, 0.2) is 0 Å². The number of benzene rings is 1. The van der Waals surface area contributed by atoms with E-state index in [1.54, 1.807) is 7.11 Å². The fourth-order valence-corrected chi connectivity index (χ4v) is 5.98. The maximum Gasteiger partial charge on any atom is 0.131 e. The normalized spacial score (nSPS) is 28.4. The predicted octanol–water partition coefficient (Wildman–Crippen LogP) is 4.28. The molecule has 1 N–H and O–H groups in total. The van der Waals surface area contributed by atoms with Gasteiger partial charge in [0.1, 0.15) is 24.4 Å². The van der Waals surface area contributed by atoms with E-state index in [2.05, 4.69) is 28.7 Å². The van der Waals surface area contributed by atoms with Gasteiger partial charge >= 0.3 is 0 Å². The van der Waals surface area contributed by atoms with Crippen molar-refractivity contribution in [3.8, 4) is 5.75 Å². The van der Waals surface area contributed by atoms with Gasteiger partial charge in [-0.1, -0.05) is 12.1 Å². The molecule has 0 radical (unpaired) electrons. The van der Waals surface area contributed by atoms with Crippen LogP contribution in [0.25, 0.3) is 10.9 Å². The highest BCUT2D eigenvalue weighted by Gasteiger charge is 2.54. The summed E-state index contributed by atoms with van der Waals surface area (Å²) < 4.78 is 6.33. The van der Waals surface area contributed by atoms with Crippen molar-refractivity contribution in [3.05, 3.63) is 78.8 Å². The van der Waals surface area contributed by atoms with Crippen LogP contribution in [0.1, 0.15) is 30.1 Å². The number of fused-ring (bicyclic) bond motifs is 4. The van der Waals surface area contributed by atoms with Gasteiger partial charge in [-0.15, -0.1) is 6.58 Å². The summed E-state index contributed by atoms with van der Waals surface area (Å²) in [7, 11) is 1.67. The van der Waals surface area contributed by atoms with E-state index in [0.29, 0.717) is 11.8 Å². The van der Waals surface area contributed by atoms with E-state index < -0.39 is 6.10 Å². The molecule has 5 heterocycles. The SMILES string of the molecule is C=CC1C[N+]2(Cc3cccnc3)CCC1CC2[C@H](O)c1ccnc2ccc(OC)cc12. The molecule has 5 nitrogen and oxygen atoms in total. The van der Waals surface area contributed by atoms with Crippen LogP contribution in [0.5, 0.6) is 5.75 Å². The maximum atomic E-state index is 11.8. The van der Waals surface area contributed by atoms with E-state index >= 15 is 0 Å². The topological polar surface area (TPSA) is 55.2 Å². The van der Waals surface area contributed by atoms with Gasteiger partial charge in [-0.2, -0.15) is 0 Å². The van der Waals surface area contributed by atoms with E-state index in [1.807, 2.05) is 48.9 Å². The van der Waals surface area contributed by atoms with Gasteiger partial charge in [-0.25, -0.2) is 0 Å². The Kier molecular flexibility index (Phi) is 5.24. The van der Waals surface area contributed by atoms with Gasteiger partial charge in [-0.3, -0.25) is 9.97 Å². The quantitative estimate of drug-likeness (QED) is 0.481. The van der Waals surface area contributed by atoms with Crippen LogP contribution >= 0.6 is 0 Å². The number of piperidine rings is 3. The Morgan fingerprint density at radius 1 is 1.29 bits per heavy atom. The first kappa shape index (κ1) is 20.2. The molecule has 0 spiro atoms. The van der Waals surface area contributed by atoms with Crippen LogP contribution in [0.4, 0.5) is 0 Å². The van der Waals surface area contributed by atoms with Crippen LogP contribution in [0.3, 0.4) is 0 Å². The molecule has 3 aromatic rings. The molecule has 3 fully saturated rings. The molecule has 3 aliphatic rings. The minimum Gasteiger partial charge on any atom is -0.497 e. The highest BCUT2D eigenvalue weighted by Crippen LogP contribution is 2.48. The third-order valence-corrected chi connectivity index (χ3v) is 7.56. The third kappa shape index (κ3) is 3.52. The van der Waals surface area contributed by atoms with Crippen LogP contribution in [0.2, 0.25) is 0 Å². The van der Waals surface area contributed by atoms with Crippen LogP contribution < -0.4 is 4.74 Å². The molecule has 2 bridgehead atoms. The molecule has 3 saturated heterocycles. The zero-order valence-electron chi connectivity index (χ0n) is 18.0. The number of aliphatic hydroxyl groups excluding tert-OH is 1. The first-order valence-corrected chi connectivity index (χ1v) is 11.1. The Balaban J connectivity index is 1.56. The second-order valence-electron chi connectivity index (χ2n) is 9.12. The Bertz CT molecular complexity index is 1090. The van der Waals surface area contributed by atoms with E-state index in [9.17, 15) is 5.11 Å². The van der Waals surface area contributed by atoms with Gasteiger partial charge in [0.25, 0.3) is 0 Å². The zero-order valence-corrected chi connectivity index (χ0v) is 18.0. The highest BCUT2D eigenvalue weighted by molar-refractivity contribution is 5.83. The van der Waals surface area contributed by atoms with Gasteiger partial charge < -0.3 is 14.3 Å². The zero-order chi connectivity index (χ0) is 21.4. The lowest BCUT2D eigenvalue weighted by molar-refractivity contribution is -0.985. The lowest BCUT2D eigenvalue weighted by Crippen LogP contribution is -2.67. The summed E-state index contributed by atoms with van der Waals surface area (Å²) >= 11 is 0. The summed E-state index contributed by atoms with van der Waals surface area (Å²) in [5.74, 6) is 1.88. The fraction of sp³-hybridized carbons (Fsp3) is 0.385. The number of nitrogens with zero attached hydrogens (tertiary/aromatic N) is 3. The lowest BCUT2D eigenvalue weighted by Gasteiger charge is -2.58. The number of aliphatic hydroxyl groups is 1. The molecule has 0 saturated carbocycles. The molecular weight excluding hydrogens is 386 g/mol. The van der Waals surface area contributed by atoms with Crippen LogP contribution in [0.15, 0.2) is 67.6 Å². The number of pyridine rings is 2. The maximum absolute atomic E-state index is 11.8. The third-order valence-electron chi connectivity index (χ3n) is 7.56. The minimum atomic E-state index is -0.567. The van der Waals surface area contributed by atoms with Crippen molar-refractivity contribution in [1.29, 1.82) is 0 Å². The summed E-state index contributed by atoms with van der Waals surface area (Å²) in [6.07, 6.45) is 9.35. The van der Waals surface area contributed by atoms with E-state index in [0.717, 1.165) is 52.8 Å². The van der Waals surface area contributed by atoms with Crippen LogP contribution in [-0.2, 0) is 6.54 Å². The van der Waals surface area contributed by atoms with Gasteiger partial charge in [0.2, 0.25) is 0 Å². The smallest absolute Gasteiger partial charge is 0.131 e. The van der Waals surface area contributed by atoms with Gasteiger partial charge in [0, 0.05) is 48.3 Å². The van der Waals surface area contributed by atoms with Crippen molar-refractivity contribution in [2.75, 3.05) is 20.2 Å². The molecule has 6 rings (SSSR count). The summed E-state index contributed by atoms with van der Waals surface area (Å²) in [4.78, 5) is 8.85. The molecule has 3 aliphatic heterocycles. The first-order chi connectivity index (χ1) is 15.1. The average Bonchev–Trinajstić information content (AvgIpc) is 2.83. The summed E-state index contributed by atoms with van der Waals surface area (Å²) in [6.45, 7) is 7.12. The monoisotopic (exact) mass is 416 g/mol. The summed E-state index contributed by atoms with van der Waals surface area (Å²) in [6, 6.07) is 12.1. The summed E-state index contributed by atoms with van der Waals surface area (Å²) in [5, 5.41) is 12.8. The number of ether oxygens (including phenoxy) is 1. The number of rotatable bonds is 6. The molecule has 0 amide bonds. The van der Waals surface area contributed by atoms with Crippen molar-refractivity contribution < 1.29 is 14.3 Å². The molecule has 31 heavy (non-hydrogen) atoms. The van der Waals surface area contributed by atoms with Crippen molar-refractivity contribution in [1.82, 2.24) is 9.97 Å². The Labute approximate surface area is 183 Å². The number of hydrogen-bond donors (Lipinski definition) is 1. The second kappa shape index (κ2) is 8.06. The van der Waals surface area contributed by atoms with Crippen molar-refractivity contribution >= 4 is 10.9 Å². The van der Waals surface area contributed by atoms with Gasteiger partial charge in [0.05, 0.1) is 25.7 Å². The number of hydrogen-bond acceptors (Lipinski definition) is 4. The molecule has 1 aromatic carbocycles. The molecular formula is C26H30N3O2+. The molecule has 160 valence electrons. The molecule has 0 aliphatic carbocycles. The second-order valence-corrected chi connectivity index (χ2v) is 9.12. The van der Waals surface area contributed by atoms with Crippen molar-refractivity contribution in [3.63, 3.8) is 0 Å². The van der Waals surface area contributed by atoms with Crippen molar-refractivity contribution in [2.24, 2.45) is 11.8 Å². The molecule has 4 unspecified atom stereocenters. The number of aromatic nitrogens is 2. The Morgan fingerprint density at radius 2 is 2.19 bits per heavy atom. The average molecular weight is 417 g/mol. The number of quaternary nitrogens is 1. The first-order valence-electron chi connectivity index (χ1n) is 11.1. The van der Waals surface area contributed by atoms with Gasteiger partial charge in [-0.05, 0) is 41.8 Å². The van der Waals surface area contributed by atoms with Crippen LogP contribution in [0, 0.1) is 11.8 Å². The van der Waals surface area contributed by atoms with E-state index in [1.165, 1.54) is 12.0 Å².